The molecule has 2 N–H and O–H groups in total. The Labute approximate surface area is 193 Å². The number of ether oxygens (including phenoxy) is 3. The van der Waals surface area contributed by atoms with Gasteiger partial charge in [0.1, 0.15) is 11.9 Å². The number of methoxy groups -OCH3 is 2. The van der Waals surface area contributed by atoms with Gasteiger partial charge in [0.25, 0.3) is 0 Å². The molecule has 0 amide bonds. The molecule has 0 aliphatic carbocycles. The van der Waals surface area contributed by atoms with Crippen LogP contribution in [-0.2, 0) is 9.53 Å². The van der Waals surface area contributed by atoms with Gasteiger partial charge in [0.05, 0.1) is 26.7 Å². The first-order valence-corrected chi connectivity index (χ1v) is 11.7. The van der Waals surface area contributed by atoms with Crippen LogP contribution >= 0.6 is 0 Å². The maximum atomic E-state index is 12.7. The molecule has 0 spiro atoms. The molecule has 7 heteroatoms. The normalized spacial score (nSPS) is 27.3. The molecular formula is C26H31NO6. The van der Waals surface area contributed by atoms with E-state index in [1.165, 1.54) is 0 Å². The molecule has 0 aromatic heterocycles. The van der Waals surface area contributed by atoms with E-state index in [0.717, 1.165) is 43.4 Å². The third kappa shape index (κ3) is 4.04. The van der Waals surface area contributed by atoms with Crippen molar-refractivity contribution in [3.8, 4) is 28.4 Å². The Balaban J connectivity index is 1.75. The monoisotopic (exact) mass is 453 g/mol. The summed E-state index contributed by atoms with van der Waals surface area (Å²) in [6.45, 7) is 0.981. The molecule has 4 bridgehead atoms. The summed E-state index contributed by atoms with van der Waals surface area (Å²) < 4.78 is 17.1. The van der Waals surface area contributed by atoms with Crippen molar-refractivity contribution in [1.82, 2.24) is 4.90 Å². The van der Waals surface area contributed by atoms with Crippen molar-refractivity contribution < 1.29 is 29.2 Å². The standard InChI is InChI=1S/C26H31NO6/c1-31-24-12-18-19(13-25(24)32-2)21-11-17(10-16-5-3-4-8-27(16)21)33-26(30)14-23(29)15-6-7-22(28)20(18)9-15/h6-7,9,12-13,16-17,21,23,28-29H,3-5,8,10-11,14H2,1-2H3/t16-,17+,21+,23-/m1/s1. The number of aliphatic hydroxyl groups excluding tert-OH is 1. The molecular weight excluding hydrogens is 422 g/mol. The highest BCUT2D eigenvalue weighted by molar-refractivity contribution is 5.78. The third-order valence-electron chi connectivity index (χ3n) is 7.36. The van der Waals surface area contributed by atoms with E-state index in [0.29, 0.717) is 35.1 Å². The van der Waals surface area contributed by atoms with Gasteiger partial charge in [0.15, 0.2) is 11.5 Å². The highest BCUT2D eigenvalue weighted by Crippen LogP contribution is 2.48. The van der Waals surface area contributed by atoms with E-state index in [-0.39, 0.29) is 24.3 Å². The summed E-state index contributed by atoms with van der Waals surface area (Å²) in [6, 6.07) is 9.19. The molecule has 2 aromatic rings. The predicted octanol–water partition coefficient (Wildman–Crippen LogP) is 4.11. The molecule has 0 saturated carbocycles. The molecule has 7 nitrogen and oxygen atoms in total. The lowest BCUT2D eigenvalue weighted by Gasteiger charge is -2.48. The largest absolute Gasteiger partial charge is 0.507 e. The Morgan fingerprint density at radius 3 is 2.61 bits per heavy atom. The van der Waals surface area contributed by atoms with E-state index >= 15 is 0 Å². The Morgan fingerprint density at radius 1 is 1.03 bits per heavy atom. The lowest BCUT2D eigenvalue weighted by molar-refractivity contribution is -0.157. The maximum Gasteiger partial charge on any atom is 0.309 e. The van der Waals surface area contributed by atoms with Crippen LogP contribution in [0.5, 0.6) is 17.2 Å². The van der Waals surface area contributed by atoms with Crippen LogP contribution in [0.4, 0.5) is 0 Å². The lowest BCUT2D eigenvalue weighted by atomic mass is 9.81. The number of rotatable bonds is 2. The molecule has 3 heterocycles. The quantitative estimate of drug-likeness (QED) is 0.662. The van der Waals surface area contributed by atoms with Crippen LogP contribution in [0.25, 0.3) is 11.1 Å². The van der Waals surface area contributed by atoms with Gasteiger partial charge in [-0.05, 0) is 60.3 Å². The van der Waals surface area contributed by atoms with E-state index in [4.69, 9.17) is 14.2 Å². The summed E-state index contributed by atoms with van der Waals surface area (Å²) >= 11 is 0. The highest BCUT2D eigenvalue weighted by Gasteiger charge is 2.41. The van der Waals surface area contributed by atoms with Gasteiger partial charge in [-0.1, -0.05) is 12.5 Å². The number of phenols is 1. The highest BCUT2D eigenvalue weighted by atomic mass is 16.5. The van der Waals surface area contributed by atoms with Crippen molar-refractivity contribution in [3.05, 3.63) is 41.5 Å². The molecule has 33 heavy (non-hydrogen) atoms. The second kappa shape index (κ2) is 8.88. The summed E-state index contributed by atoms with van der Waals surface area (Å²) in [5, 5.41) is 21.6. The zero-order chi connectivity index (χ0) is 23.1. The van der Waals surface area contributed by atoms with E-state index in [9.17, 15) is 15.0 Å². The minimum absolute atomic E-state index is 0.00376. The summed E-state index contributed by atoms with van der Waals surface area (Å²) in [7, 11) is 3.21. The van der Waals surface area contributed by atoms with Crippen LogP contribution in [-0.4, -0.2) is 54.0 Å². The molecule has 2 saturated heterocycles. The average Bonchev–Trinajstić information content (AvgIpc) is 2.82. The van der Waals surface area contributed by atoms with Crippen molar-refractivity contribution in [2.24, 2.45) is 0 Å². The molecule has 0 radical (unpaired) electrons. The number of piperidine rings is 2. The number of nitrogens with zero attached hydrogens (tertiary/aromatic N) is 1. The number of aliphatic hydroxyl groups is 1. The van der Waals surface area contributed by atoms with Gasteiger partial charge in [0, 0.05) is 30.5 Å². The fourth-order valence-corrected chi connectivity index (χ4v) is 5.76. The zero-order valence-electron chi connectivity index (χ0n) is 19.1. The van der Waals surface area contributed by atoms with Crippen LogP contribution in [0.15, 0.2) is 30.3 Å². The number of hydrogen-bond acceptors (Lipinski definition) is 7. The van der Waals surface area contributed by atoms with Gasteiger partial charge in [0.2, 0.25) is 0 Å². The fraction of sp³-hybridized carbons (Fsp3) is 0.500. The summed E-state index contributed by atoms with van der Waals surface area (Å²) in [6.07, 6.45) is 3.47. The van der Waals surface area contributed by atoms with Crippen molar-refractivity contribution >= 4 is 5.97 Å². The van der Waals surface area contributed by atoms with Crippen molar-refractivity contribution in [2.45, 2.75) is 62.8 Å². The average molecular weight is 454 g/mol. The Bertz CT molecular complexity index is 1050. The first kappa shape index (κ1) is 22.0. The van der Waals surface area contributed by atoms with Gasteiger partial charge < -0.3 is 24.4 Å². The number of aromatic hydroxyl groups is 1. The number of hydrogen-bond donors (Lipinski definition) is 2. The SMILES string of the molecule is COc1cc2c(cc1OC)[C@@H]1C[C@H](C[C@H]3CCCCN31)OC(=O)C[C@@H](O)c1ccc(O)c-2c1. The molecule has 3 aliphatic rings. The minimum Gasteiger partial charge on any atom is -0.507 e. The molecule has 2 fully saturated rings. The number of benzene rings is 2. The maximum absolute atomic E-state index is 12.7. The Kier molecular flexibility index (Phi) is 5.93. The molecule has 5 rings (SSSR count). The van der Waals surface area contributed by atoms with Gasteiger partial charge in [-0.25, -0.2) is 0 Å². The van der Waals surface area contributed by atoms with Crippen LogP contribution in [0, 0.1) is 0 Å². The van der Waals surface area contributed by atoms with Crippen LogP contribution in [0.3, 0.4) is 0 Å². The zero-order valence-corrected chi connectivity index (χ0v) is 19.1. The summed E-state index contributed by atoms with van der Waals surface area (Å²) in [4.78, 5) is 15.2. The first-order chi connectivity index (χ1) is 16.0. The van der Waals surface area contributed by atoms with Crippen LogP contribution in [0.1, 0.15) is 61.8 Å². The second-order valence-corrected chi connectivity index (χ2v) is 9.28. The van der Waals surface area contributed by atoms with Crippen molar-refractivity contribution in [2.75, 3.05) is 20.8 Å². The van der Waals surface area contributed by atoms with Crippen LogP contribution in [0.2, 0.25) is 0 Å². The van der Waals surface area contributed by atoms with Gasteiger partial charge in [-0.3, -0.25) is 9.69 Å². The number of carbonyl (C=O) groups is 1. The predicted molar refractivity (Wildman–Crippen MR) is 122 cm³/mol. The van der Waals surface area contributed by atoms with E-state index < -0.39 is 12.1 Å². The number of phenolic OH excluding ortho intramolecular Hbond substituents is 1. The topological polar surface area (TPSA) is 88.5 Å². The van der Waals surface area contributed by atoms with E-state index in [1.54, 1.807) is 32.4 Å². The minimum atomic E-state index is -1.01. The van der Waals surface area contributed by atoms with E-state index in [1.807, 2.05) is 12.1 Å². The van der Waals surface area contributed by atoms with Gasteiger partial charge >= 0.3 is 5.97 Å². The smallest absolute Gasteiger partial charge is 0.309 e. The first-order valence-electron chi connectivity index (χ1n) is 11.7. The molecule has 176 valence electrons. The van der Waals surface area contributed by atoms with Crippen LogP contribution < -0.4 is 9.47 Å². The van der Waals surface area contributed by atoms with E-state index in [2.05, 4.69) is 4.90 Å². The van der Waals surface area contributed by atoms with Gasteiger partial charge in [-0.15, -0.1) is 0 Å². The molecule has 3 aliphatic heterocycles. The molecule has 2 aromatic carbocycles. The Hall–Kier alpha value is -2.77. The van der Waals surface area contributed by atoms with Gasteiger partial charge in [-0.2, -0.15) is 0 Å². The number of carbonyl (C=O) groups excluding carboxylic acids is 1. The molecule has 4 atom stereocenters. The summed E-state index contributed by atoms with van der Waals surface area (Å²) in [5.41, 5.74) is 3.00. The second-order valence-electron chi connectivity index (χ2n) is 9.28. The van der Waals surface area contributed by atoms with Crippen molar-refractivity contribution in [1.29, 1.82) is 0 Å². The number of fused-ring (bicyclic) bond motifs is 9. The fourth-order valence-electron chi connectivity index (χ4n) is 5.76. The summed E-state index contributed by atoms with van der Waals surface area (Å²) in [5.74, 6) is 0.911. The molecule has 0 unspecified atom stereocenters. The number of esters is 1. The lowest BCUT2D eigenvalue weighted by Crippen LogP contribution is -2.49. The Morgan fingerprint density at radius 2 is 1.82 bits per heavy atom. The third-order valence-corrected chi connectivity index (χ3v) is 7.36. The van der Waals surface area contributed by atoms with Crippen molar-refractivity contribution in [3.63, 3.8) is 0 Å².